The van der Waals surface area contributed by atoms with E-state index in [2.05, 4.69) is 10.2 Å². The first kappa shape index (κ1) is 22.4. The van der Waals surface area contributed by atoms with E-state index in [1.54, 1.807) is 23.1 Å². The highest BCUT2D eigenvalue weighted by Gasteiger charge is 2.34. The first-order valence-corrected chi connectivity index (χ1v) is 12.0. The molecule has 2 heterocycles. The number of carbonyl (C=O) groups is 3. The third kappa shape index (κ3) is 3.93. The van der Waals surface area contributed by atoms with Crippen LogP contribution < -0.4 is 10.2 Å². The summed E-state index contributed by atoms with van der Waals surface area (Å²) in [5.74, 6) is -0.484. The van der Waals surface area contributed by atoms with Crippen molar-refractivity contribution in [3.63, 3.8) is 0 Å². The second-order valence-corrected chi connectivity index (χ2v) is 9.39. The van der Waals surface area contributed by atoms with Gasteiger partial charge >= 0.3 is 6.09 Å². The van der Waals surface area contributed by atoms with Crippen molar-refractivity contribution in [1.82, 2.24) is 4.90 Å². The number of rotatable bonds is 4. The van der Waals surface area contributed by atoms with Crippen LogP contribution in [0.1, 0.15) is 34.3 Å². The minimum absolute atomic E-state index is 0.00620. The minimum Gasteiger partial charge on any atom is -0.444 e. The Morgan fingerprint density at radius 3 is 2.50 bits per heavy atom. The number of ketones is 1. The zero-order valence-corrected chi connectivity index (χ0v) is 19.5. The summed E-state index contributed by atoms with van der Waals surface area (Å²) in [6.45, 7) is 1.59. The zero-order chi connectivity index (χ0) is 24.8. The maximum absolute atomic E-state index is 13.6. The minimum atomic E-state index is -0.415. The van der Waals surface area contributed by atoms with Gasteiger partial charge in [-0.15, -0.1) is 0 Å². The normalized spacial score (nSPS) is 17.3. The van der Waals surface area contributed by atoms with E-state index in [1.807, 2.05) is 30.3 Å². The predicted molar refractivity (Wildman–Crippen MR) is 132 cm³/mol. The molecule has 182 valence electrons. The molecule has 0 unspecified atom stereocenters. The molecule has 1 N–H and O–H groups in total. The largest absolute Gasteiger partial charge is 0.444 e. The lowest BCUT2D eigenvalue weighted by atomic mass is 10.0. The second kappa shape index (κ2) is 8.87. The van der Waals surface area contributed by atoms with Gasteiger partial charge in [0.1, 0.15) is 12.4 Å². The Morgan fingerprint density at radius 1 is 0.944 bits per heavy atom. The summed E-state index contributed by atoms with van der Waals surface area (Å²) >= 11 is 0. The molecule has 3 aliphatic rings. The fraction of sp³-hybridized carbons (Fsp3) is 0.250. The number of cyclic esters (lactones) is 1. The van der Waals surface area contributed by atoms with E-state index in [4.69, 9.17) is 4.74 Å². The van der Waals surface area contributed by atoms with Gasteiger partial charge in [0, 0.05) is 41.5 Å². The van der Waals surface area contributed by atoms with E-state index in [0.717, 1.165) is 11.1 Å². The Kier molecular flexibility index (Phi) is 5.53. The van der Waals surface area contributed by atoms with Gasteiger partial charge in [0.2, 0.25) is 5.91 Å². The van der Waals surface area contributed by atoms with Crippen molar-refractivity contribution < 1.29 is 23.5 Å². The van der Waals surface area contributed by atoms with Gasteiger partial charge < -0.3 is 10.1 Å². The van der Waals surface area contributed by atoms with E-state index in [9.17, 15) is 18.8 Å². The summed E-state index contributed by atoms with van der Waals surface area (Å²) in [4.78, 5) is 41.5. The summed E-state index contributed by atoms with van der Waals surface area (Å²) in [6.07, 6.45) is 0.940. The zero-order valence-electron chi connectivity index (χ0n) is 19.5. The molecule has 1 saturated heterocycles. The van der Waals surface area contributed by atoms with E-state index in [1.165, 1.54) is 12.1 Å². The Balaban J connectivity index is 1.08. The van der Waals surface area contributed by atoms with E-state index < -0.39 is 6.09 Å². The van der Waals surface area contributed by atoms with Crippen LogP contribution in [-0.2, 0) is 16.1 Å². The summed E-state index contributed by atoms with van der Waals surface area (Å²) < 4.78 is 18.9. The van der Waals surface area contributed by atoms with Crippen LogP contribution in [0.4, 0.5) is 20.6 Å². The molecule has 3 aromatic carbocycles. The van der Waals surface area contributed by atoms with Crippen LogP contribution in [0.2, 0.25) is 0 Å². The number of amides is 2. The average molecular weight is 486 g/mol. The Labute approximate surface area is 207 Å². The van der Waals surface area contributed by atoms with Gasteiger partial charge in [-0.05, 0) is 60.4 Å². The second-order valence-electron chi connectivity index (χ2n) is 9.39. The number of benzene rings is 3. The van der Waals surface area contributed by atoms with Crippen LogP contribution in [0.5, 0.6) is 0 Å². The van der Waals surface area contributed by atoms with Crippen LogP contribution in [0.3, 0.4) is 0 Å². The van der Waals surface area contributed by atoms with Gasteiger partial charge in [0.25, 0.3) is 0 Å². The molecule has 0 aromatic heterocycles. The number of nitrogens with zero attached hydrogens (tertiary/aromatic N) is 2. The number of hydrogen-bond donors (Lipinski definition) is 1. The van der Waals surface area contributed by atoms with E-state index >= 15 is 0 Å². The Morgan fingerprint density at radius 2 is 1.69 bits per heavy atom. The molecule has 2 amide bonds. The molecule has 0 saturated carbocycles. The number of carbonyl (C=O) groups excluding carboxylic acids is 3. The average Bonchev–Trinajstić information content (AvgIpc) is 3.16. The van der Waals surface area contributed by atoms with Gasteiger partial charge in [-0.2, -0.15) is 0 Å². The molecule has 0 spiro atoms. The standard InChI is InChI=1S/C28H24FN3O4/c29-18-5-8-25-17(13-18)16-36-28(35)32(25)20-9-11-31(12-10-20)15-26(33)30-19-6-7-23-24(14-19)21-3-1-2-4-22(21)27(23)34/h1-8,13-14,20H,9-12,15-16H2,(H,30,33). The monoisotopic (exact) mass is 485 g/mol. The number of halogens is 1. The fourth-order valence-electron chi connectivity index (χ4n) is 5.40. The highest BCUT2D eigenvalue weighted by Crippen LogP contribution is 2.38. The molecule has 0 atom stereocenters. The molecule has 36 heavy (non-hydrogen) atoms. The van der Waals surface area contributed by atoms with Gasteiger partial charge in [0.15, 0.2) is 5.78 Å². The van der Waals surface area contributed by atoms with E-state index in [0.29, 0.717) is 54.0 Å². The molecule has 1 fully saturated rings. The van der Waals surface area contributed by atoms with Crippen molar-refractivity contribution >= 4 is 29.2 Å². The Bertz CT molecular complexity index is 1400. The lowest BCUT2D eigenvalue weighted by molar-refractivity contribution is -0.117. The fourth-order valence-corrected chi connectivity index (χ4v) is 5.40. The van der Waals surface area contributed by atoms with Crippen LogP contribution in [0.15, 0.2) is 60.7 Å². The maximum Gasteiger partial charge on any atom is 0.414 e. The highest BCUT2D eigenvalue weighted by atomic mass is 19.1. The third-order valence-corrected chi connectivity index (χ3v) is 7.15. The molecule has 7 nitrogen and oxygen atoms in total. The summed E-state index contributed by atoms with van der Waals surface area (Å²) in [6, 6.07) is 17.2. The molecule has 2 aliphatic heterocycles. The topological polar surface area (TPSA) is 79.0 Å². The van der Waals surface area contributed by atoms with Gasteiger partial charge in [-0.25, -0.2) is 9.18 Å². The molecule has 0 radical (unpaired) electrons. The first-order valence-electron chi connectivity index (χ1n) is 12.0. The van der Waals surface area contributed by atoms with Crippen LogP contribution in [-0.4, -0.2) is 48.4 Å². The van der Waals surface area contributed by atoms with Crippen molar-refractivity contribution in [3.05, 3.63) is 83.2 Å². The molecule has 1 aliphatic carbocycles. The Hall–Kier alpha value is -4.04. The van der Waals surface area contributed by atoms with Gasteiger partial charge in [0.05, 0.1) is 12.2 Å². The van der Waals surface area contributed by atoms with Crippen LogP contribution >= 0.6 is 0 Å². The molecular weight excluding hydrogens is 461 g/mol. The number of anilines is 2. The number of ether oxygens (including phenoxy) is 1. The number of nitrogens with one attached hydrogen (secondary N) is 1. The van der Waals surface area contributed by atoms with Crippen LogP contribution in [0.25, 0.3) is 11.1 Å². The molecule has 3 aromatic rings. The van der Waals surface area contributed by atoms with Crippen molar-refractivity contribution in [3.8, 4) is 11.1 Å². The summed E-state index contributed by atoms with van der Waals surface area (Å²) in [5, 5.41) is 2.95. The molecule has 0 bridgehead atoms. The number of likely N-dealkylation sites (tertiary alicyclic amines) is 1. The molecular formula is C28H24FN3O4. The van der Waals surface area contributed by atoms with E-state index in [-0.39, 0.29) is 36.7 Å². The maximum atomic E-state index is 13.6. The number of hydrogen-bond acceptors (Lipinski definition) is 5. The van der Waals surface area contributed by atoms with Gasteiger partial charge in [-0.3, -0.25) is 19.4 Å². The van der Waals surface area contributed by atoms with Crippen molar-refractivity contribution in [2.75, 3.05) is 29.9 Å². The van der Waals surface area contributed by atoms with Crippen LogP contribution in [0, 0.1) is 5.82 Å². The number of piperidine rings is 1. The van der Waals surface area contributed by atoms with Crippen molar-refractivity contribution in [1.29, 1.82) is 0 Å². The molecule has 6 rings (SSSR count). The highest BCUT2D eigenvalue weighted by molar-refractivity contribution is 6.22. The quantitative estimate of drug-likeness (QED) is 0.457. The summed E-state index contributed by atoms with van der Waals surface area (Å²) in [7, 11) is 0. The summed E-state index contributed by atoms with van der Waals surface area (Å²) in [5.41, 5.74) is 5.06. The first-order chi connectivity index (χ1) is 17.5. The third-order valence-electron chi connectivity index (χ3n) is 7.15. The lowest BCUT2D eigenvalue weighted by Gasteiger charge is -2.40. The molecule has 8 heteroatoms. The van der Waals surface area contributed by atoms with Gasteiger partial charge in [-0.1, -0.05) is 24.3 Å². The predicted octanol–water partition coefficient (Wildman–Crippen LogP) is 4.60. The van der Waals surface area contributed by atoms with Crippen molar-refractivity contribution in [2.24, 2.45) is 0 Å². The lowest BCUT2D eigenvalue weighted by Crippen LogP contribution is -2.50. The smallest absolute Gasteiger partial charge is 0.414 e. The number of fused-ring (bicyclic) bond motifs is 4. The van der Waals surface area contributed by atoms with Crippen molar-refractivity contribution in [2.45, 2.75) is 25.5 Å². The SMILES string of the molecule is O=C(CN1CCC(N2C(=O)OCc3cc(F)ccc32)CC1)Nc1ccc2c(c1)-c1ccccc1C2=O.